The van der Waals surface area contributed by atoms with Gasteiger partial charge in [0.15, 0.2) is 0 Å². The second-order valence-electron chi connectivity index (χ2n) is 10.7. The van der Waals surface area contributed by atoms with Gasteiger partial charge in [-0.25, -0.2) is 13.8 Å². The molecule has 0 bridgehead atoms. The first-order chi connectivity index (χ1) is 17.5. The van der Waals surface area contributed by atoms with E-state index in [1.54, 1.807) is 45.2 Å². The number of benzene rings is 2. The van der Waals surface area contributed by atoms with Crippen molar-refractivity contribution in [3.05, 3.63) is 88.8 Å². The minimum atomic E-state index is -0.865. The average molecular weight is 508 g/mol. The predicted molar refractivity (Wildman–Crippen MR) is 137 cm³/mol. The van der Waals surface area contributed by atoms with E-state index in [9.17, 15) is 14.6 Å². The van der Waals surface area contributed by atoms with Crippen LogP contribution in [0.3, 0.4) is 0 Å². The lowest BCUT2D eigenvalue weighted by Gasteiger charge is -2.17. The molecule has 7 heteroatoms. The summed E-state index contributed by atoms with van der Waals surface area (Å²) < 4.78 is 41.2. The van der Waals surface area contributed by atoms with Crippen molar-refractivity contribution >= 4 is 0 Å². The fraction of sp³-hybridized carbons (Fsp3) is 0.367. The minimum absolute atomic E-state index is 0.0480. The van der Waals surface area contributed by atoms with Gasteiger partial charge in [0, 0.05) is 41.8 Å². The molecule has 5 rings (SSSR count). The zero-order valence-corrected chi connectivity index (χ0v) is 21.2. The van der Waals surface area contributed by atoms with Crippen molar-refractivity contribution in [2.45, 2.75) is 51.7 Å². The lowest BCUT2D eigenvalue weighted by atomic mass is 9.97. The van der Waals surface area contributed by atoms with Crippen LogP contribution >= 0.6 is 0 Å². The van der Waals surface area contributed by atoms with Crippen LogP contribution in [-0.4, -0.2) is 27.4 Å². The molecule has 0 amide bonds. The molecule has 1 heterocycles. The van der Waals surface area contributed by atoms with Crippen LogP contribution in [0.2, 0.25) is 0 Å². The van der Waals surface area contributed by atoms with Crippen LogP contribution < -0.4 is 9.47 Å². The van der Waals surface area contributed by atoms with Crippen LogP contribution in [0.1, 0.15) is 48.4 Å². The van der Waals surface area contributed by atoms with Crippen molar-refractivity contribution in [3.8, 4) is 22.8 Å². The summed E-state index contributed by atoms with van der Waals surface area (Å²) in [6.07, 6.45) is 3.02. The van der Waals surface area contributed by atoms with Crippen molar-refractivity contribution in [2.24, 2.45) is 11.8 Å². The van der Waals surface area contributed by atoms with Crippen LogP contribution in [-0.2, 0) is 13.0 Å². The van der Waals surface area contributed by atoms with Crippen LogP contribution in [0.4, 0.5) is 8.78 Å². The van der Waals surface area contributed by atoms with E-state index >= 15 is 4.39 Å². The van der Waals surface area contributed by atoms with Crippen molar-refractivity contribution < 1.29 is 28.5 Å². The molecular formula is C30H31F2NO4. The van der Waals surface area contributed by atoms with E-state index < -0.39 is 17.2 Å². The number of nitrogens with zero attached hydrogens (tertiary/aromatic N) is 1. The van der Waals surface area contributed by atoms with Crippen LogP contribution in [0.5, 0.6) is 11.6 Å². The minimum Gasteiger partial charge on any atom is -0.513 e. The molecular weight excluding hydrogens is 476 g/mol. The molecule has 37 heavy (non-hydrogen) atoms. The second-order valence-corrected chi connectivity index (χ2v) is 10.7. The Kier molecular flexibility index (Phi) is 6.44. The largest absolute Gasteiger partial charge is 0.513 e. The van der Waals surface area contributed by atoms with Gasteiger partial charge in [0.2, 0.25) is 5.88 Å². The van der Waals surface area contributed by atoms with Crippen LogP contribution in [0.15, 0.2) is 54.9 Å². The molecule has 1 aromatic heterocycles. The molecule has 2 aliphatic rings. The van der Waals surface area contributed by atoms with E-state index in [-0.39, 0.29) is 30.8 Å². The van der Waals surface area contributed by atoms with Crippen molar-refractivity contribution in [1.29, 1.82) is 0 Å². The van der Waals surface area contributed by atoms with Gasteiger partial charge in [-0.3, -0.25) is 0 Å². The van der Waals surface area contributed by atoms with Gasteiger partial charge in [0.25, 0.3) is 0 Å². The number of aliphatic hydroxyl groups is 2. The maximum absolute atomic E-state index is 15.0. The third-order valence-corrected chi connectivity index (χ3v) is 7.35. The summed E-state index contributed by atoms with van der Waals surface area (Å²) in [5, 5.41) is 19.5. The average Bonchev–Trinajstić information content (AvgIpc) is 3.41. The number of ether oxygens (including phenoxy) is 2. The molecule has 3 aromatic rings. The highest BCUT2D eigenvalue weighted by Crippen LogP contribution is 2.63. The highest BCUT2D eigenvalue weighted by atomic mass is 19.1. The van der Waals surface area contributed by atoms with Gasteiger partial charge in [-0.2, -0.15) is 0 Å². The molecule has 0 unspecified atom stereocenters. The molecule has 2 N–H and O–H groups in total. The Balaban J connectivity index is 1.29. The van der Waals surface area contributed by atoms with Gasteiger partial charge < -0.3 is 19.7 Å². The molecule has 5 nitrogen and oxygen atoms in total. The van der Waals surface area contributed by atoms with E-state index in [2.05, 4.69) is 11.6 Å². The summed E-state index contributed by atoms with van der Waals surface area (Å²) in [6, 6.07) is 9.44. The zero-order chi connectivity index (χ0) is 26.5. The van der Waals surface area contributed by atoms with Crippen molar-refractivity contribution in [1.82, 2.24) is 4.98 Å². The van der Waals surface area contributed by atoms with Crippen LogP contribution in [0.25, 0.3) is 11.1 Å². The molecule has 0 spiro atoms. The quantitative estimate of drug-likeness (QED) is 0.328. The number of hydrogen-bond acceptors (Lipinski definition) is 5. The Hall–Kier alpha value is -3.45. The molecule has 194 valence electrons. The lowest BCUT2D eigenvalue weighted by molar-refractivity contribution is 0.0553. The number of aromatic nitrogens is 1. The predicted octanol–water partition coefficient (Wildman–Crippen LogP) is 6.41. The third kappa shape index (κ3) is 5.18. The number of aryl methyl sites for hydroxylation is 1. The van der Waals surface area contributed by atoms with Crippen LogP contribution in [0, 0.1) is 30.4 Å². The number of fused-ring (bicyclic) bond motifs is 3. The van der Waals surface area contributed by atoms with E-state index in [4.69, 9.17) is 9.47 Å². The first kappa shape index (κ1) is 25.2. The molecule has 1 saturated carbocycles. The normalized spacial score (nSPS) is 19.8. The Labute approximate surface area is 215 Å². The van der Waals surface area contributed by atoms with Gasteiger partial charge in [0.05, 0.1) is 18.0 Å². The molecule has 3 atom stereocenters. The molecule has 0 radical (unpaired) electrons. The van der Waals surface area contributed by atoms with Crippen molar-refractivity contribution in [3.63, 3.8) is 0 Å². The van der Waals surface area contributed by atoms with Gasteiger partial charge >= 0.3 is 0 Å². The molecule has 2 aliphatic carbocycles. The molecule has 1 fully saturated rings. The zero-order valence-electron chi connectivity index (χ0n) is 21.2. The second kappa shape index (κ2) is 9.45. The third-order valence-electron chi connectivity index (χ3n) is 7.35. The number of hydrogen-bond donors (Lipinski definition) is 2. The maximum atomic E-state index is 15.0. The summed E-state index contributed by atoms with van der Waals surface area (Å²) in [6.45, 7) is 8.98. The number of pyridine rings is 1. The Bertz CT molecular complexity index is 1360. The monoisotopic (exact) mass is 507 g/mol. The smallest absolute Gasteiger partial charge is 0.213 e. The number of halogens is 2. The molecule has 0 aliphatic heterocycles. The Morgan fingerprint density at radius 1 is 1.11 bits per heavy atom. The first-order valence-corrected chi connectivity index (χ1v) is 12.5. The van der Waals surface area contributed by atoms with Crippen molar-refractivity contribution in [2.75, 3.05) is 6.61 Å². The Morgan fingerprint density at radius 2 is 1.89 bits per heavy atom. The first-order valence-electron chi connectivity index (χ1n) is 12.5. The van der Waals surface area contributed by atoms with Gasteiger partial charge in [-0.15, -0.1) is 0 Å². The number of rotatable bonds is 9. The van der Waals surface area contributed by atoms with Gasteiger partial charge in [-0.1, -0.05) is 6.58 Å². The summed E-state index contributed by atoms with van der Waals surface area (Å²) >= 11 is 0. The highest BCUT2D eigenvalue weighted by molar-refractivity contribution is 5.69. The molecule has 2 aromatic carbocycles. The SMILES string of the molecule is C=C(O)[C@H]1[C@@H]2Cc3cc(OCc4cc(-c5ccc(OCCC(C)(C)O)cc5F)c(C)cc4F)ncc3[C@@H]21. The summed E-state index contributed by atoms with van der Waals surface area (Å²) in [7, 11) is 0. The van der Waals surface area contributed by atoms with E-state index in [0.717, 1.165) is 17.5 Å². The lowest BCUT2D eigenvalue weighted by Crippen LogP contribution is -2.21. The van der Waals surface area contributed by atoms with Gasteiger partial charge in [0.1, 0.15) is 24.0 Å². The van der Waals surface area contributed by atoms with E-state index in [1.165, 1.54) is 12.1 Å². The van der Waals surface area contributed by atoms with E-state index in [0.29, 0.717) is 46.2 Å². The topological polar surface area (TPSA) is 71.8 Å². The number of allylic oxidation sites excluding steroid dienone is 1. The maximum Gasteiger partial charge on any atom is 0.213 e. The summed E-state index contributed by atoms with van der Waals surface area (Å²) in [5.41, 5.74) is 3.19. The highest BCUT2D eigenvalue weighted by Gasteiger charge is 2.57. The fourth-order valence-corrected chi connectivity index (χ4v) is 5.29. The fourth-order valence-electron chi connectivity index (χ4n) is 5.29. The van der Waals surface area contributed by atoms with E-state index in [1.807, 2.05) is 6.07 Å². The summed E-state index contributed by atoms with van der Waals surface area (Å²) in [5.74, 6) is 0.855. The molecule has 0 saturated heterocycles. The Morgan fingerprint density at radius 3 is 2.59 bits per heavy atom. The summed E-state index contributed by atoms with van der Waals surface area (Å²) in [4.78, 5) is 4.38. The number of aliphatic hydroxyl groups excluding tert-OH is 1. The van der Waals surface area contributed by atoms with Gasteiger partial charge in [-0.05, 0) is 85.5 Å². The standard InChI is InChI=1S/C30H31F2NO4/c1-16-9-25(31)19(11-22(16)21-6-5-20(13-26(21)32)36-8-7-30(3,4)35)15-37-27-12-18-10-23-28(17(2)34)29(23)24(18)14-33-27/h5-6,9,11-14,23,28-29,34-35H,2,7-8,10,15H2,1,3-4H3/t23-,28-,29+/m0/s1.